The van der Waals surface area contributed by atoms with Crippen LogP contribution in [0.15, 0.2) is 0 Å². The predicted molar refractivity (Wildman–Crippen MR) is 77.8 cm³/mol. The molecule has 3 N–H and O–H groups in total. The van der Waals surface area contributed by atoms with Gasteiger partial charge >= 0.3 is 0 Å². The van der Waals surface area contributed by atoms with Crippen LogP contribution >= 0.6 is 0 Å². The number of piperidine rings is 1. The number of hydrogen-bond acceptors (Lipinski definition) is 3. The van der Waals surface area contributed by atoms with Crippen LogP contribution in [0.5, 0.6) is 0 Å². The van der Waals surface area contributed by atoms with Crippen molar-refractivity contribution in [2.24, 2.45) is 11.7 Å². The Kier molecular flexibility index (Phi) is 4.85. The molecule has 1 saturated carbocycles. The number of nitrogens with one attached hydrogen (secondary N) is 1. The number of fused-ring (bicyclic) bond motifs is 2. The minimum Gasteiger partial charge on any atom is -0.368 e. The lowest BCUT2D eigenvalue weighted by molar-refractivity contribution is -0.124. The van der Waals surface area contributed by atoms with Gasteiger partial charge in [-0.1, -0.05) is 6.92 Å². The maximum Gasteiger partial charge on any atom is 0.237 e. The Bertz CT molecular complexity index is 321. The number of nitrogens with zero attached hydrogens (tertiary/aromatic N) is 1. The van der Waals surface area contributed by atoms with Crippen molar-refractivity contribution in [3.05, 3.63) is 0 Å². The Balaban J connectivity index is 1.67. The average molecular weight is 267 g/mol. The Morgan fingerprint density at radius 1 is 1.42 bits per heavy atom. The van der Waals surface area contributed by atoms with Crippen molar-refractivity contribution in [1.82, 2.24) is 10.2 Å². The van der Waals surface area contributed by atoms with E-state index >= 15 is 0 Å². The molecule has 3 unspecified atom stereocenters. The molecule has 1 saturated heterocycles. The van der Waals surface area contributed by atoms with Crippen LogP contribution in [0.2, 0.25) is 0 Å². The van der Waals surface area contributed by atoms with Gasteiger partial charge in [-0.2, -0.15) is 0 Å². The highest BCUT2D eigenvalue weighted by molar-refractivity contribution is 5.84. The number of likely N-dealkylation sites (N-methyl/N-ethyl adjacent to an activating group) is 1. The molecule has 1 aliphatic carbocycles. The highest BCUT2D eigenvalue weighted by Gasteiger charge is 2.37. The second-order valence-electron chi connectivity index (χ2n) is 6.51. The summed E-state index contributed by atoms with van der Waals surface area (Å²) in [6.45, 7) is 7.24. The zero-order valence-electron chi connectivity index (χ0n) is 12.5. The van der Waals surface area contributed by atoms with Crippen LogP contribution in [0.25, 0.3) is 0 Å². The number of carbonyl (C=O) groups is 1. The van der Waals surface area contributed by atoms with E-state index in [4.69, 9.17) is 5.73 Å². The lowest BCUT2D eigenvalue weighted by atomic mass is 9.93. The highest BCUT2D eigenvalue weighted by atomic mass is 16.1. The molecular formula is C15H29N3O. The van der Waals surface area contributed by atoms with Crippen molar-refractivity contribution < 1.29 is 4.79 Å². The average Bonchev–Trinajstić information content (AvgIpc) is 2.97. The summed E-state index contributed by atoms with van der Waals surface area (Å²) in [5.74, 6) is 0.747. The minimum absolute atomic E-state index is 0.227. The van der Waals surface area contributed by atoms with Gasteiger partial charge in [-0.15, -0.1) is 0 Å². The molecule has 0 aromatic rings. The first-order valence-electron chi connectivity index (χ1n) is 7.84. The number of amides is 1. The fourth-order valence-electron chi connectivity index (χ4n) is 3.78. The van der Waals surface area contributed by atoms with Gasteiger partial charge in [0.2, 0.25) is 5.91 Å². The van der Waals surface area contributed by atoms with Gasteiger partial charge in [0.05, 0.1) is 5.54 Å². The van der Waals surface area contributed by atoms with Crippen molar-refractivity contribution in [2.45, 2.75) is 64.0 Å². The van der Waals surface area contributed by atoms with E-state index in [-0.39, 0.29) is 5.91 Å². The van der Waals surface area contributed by atoms with Gasteiger partial charge in [0.25, 0.3) is 0 Å². The van der Waals surface area contributed by atoms with E-state index in [9.17, 15) is 4.79 Å². The summed E-state index contributed by atoms with van der Waals surface area (Å²) >= 11 is 0. The molecule has 4 heteroatoms. The molecule has 2 bridgehead atoms. The predicted octanol–water partition coefficient (Wildman–Crippen LogP) is 1.49. The van der Waals surface area contributed by atoms with Gasteiger partial charge < -0.3 is 16.0 Å². The van der Waals surface area contributed by atoms with Crippen LogP contribution in [0, 0.1) is 5.92 Å². The standard InChI is InChI=1S/C15H29N3O/c1-3-17-15(2,14(16)19)8-4-5-9-18-11-12-6-7-13(18)10-12/h12-13,17H,3-11H2,1-2H3,(H2,16,19). The van der Waals surface area contributed by atoms with E-state index in [1.54, 1.807) is 0 Å². The number of primary amides is 1. The molecule has 1 amide bonds. The molecule has 1 aliphatic heterocycles. The molecule has 110 valence electrons. The van der Waals surface area contributed by atoms with Gasteiger partial charge in [-0.25, -0.2) is 0 Å². The van der Waals surface area contributed by atoms with Crippen LogP contribution < -0.4 is 11.1 Å². The molecule has 0 aromatic carbocycles. The fourth-order valence-corrected chi connectivity index (χ4v) is 3.78. The fraction of sp³-hybridized carbons (Fsp3) is 0.933. The van der Waals surface area contributed by atoms with Crippen LogP contribution in [0.1, 0.15) is 52.4 Å². The SMILES string of the molecule is CCNC(C)(CCCCN1CC2CCC1C2)C(N)=O. The van der Waals surface area contributed by atoms with Gasteiger partial charge in [0.1, 0.15) is 0 Å². The smallest absolute Gasteiger partial charge is 0.237 e. The van der Waals surface area contributed by atoms with Crippen LogP contribution in [-0.2, 0) is 4.79 Å². The third-order valence-corrected chi connectivity index (χ3v) is 5.01. The summed E-state index contributed by atoms with van der Waals surface area (Å²) in [6, 6.07) is 0.862. The quantitative estimate of drug-likeness (QED) is 0.655. The number of hydrogen-bond donors (Lipinski definition) is 2. The molecule has 2 fully saturated rings. The van der Waals surface area contributed by atoms with Gasteiger partial charge in [0.15, 0.2) is 0 Å². The lowest BCUT2D eigenvalue weighted by Gasteiger charge is -2.29. The molecule has 1 heterocycles. The van der Waals surface area contributed by atoms with Gasteiger partial charge in [-0.3, -0.25) is 4.79 Å². The zero-order valence-corrected chi connectivity index (χ0v) is 12.5. The van der Waals surface area contributed by atoms with Gasteiger partial charge in [-0.05, 0) is 64.5 Å². The third kappa shape index (κ3) is 3.48. The lowest BCUT2D eigenvalue weighted by Crippen LogP contribution is -2.53. The van der Waals surface area contributed by atoms with Crippen molar-refractivity contribution in [1.29, 1.82) is 0 Å². The molecule has 19 heavy (non-hydrogen) atoms. The van der Waals surface area contributed by atoms with E-state index in [0.29, 0.717) is 0 Å². The first-order valence-corrected chi connectivity index (χ1v) is 7.84. The minimum atomic E-state index is -0.529. The second-order valence-corrected chi connectivity index (χ2v) is 6.51. The molecule has 0 spiro atoms. The van der Waals surface area contributed by atoms with E-state index in [1.165, 1.54) is 38.8 Å². The summed E-state index contributed by atoms with van der Waals surface area (Å²) in [5.41, 5.74) is 4.97. The van der Waals surface area contributed by atoms with Crippen LogP contribution in [0.3, 0.4) is 0 Å². The van der Waals surface area contributed by atoms with Crippen LogP contribution in [-0.4, -0.2) is 42.0 Å². The van der Waals surface area contributed by atoms with E-state index < -0.39 is 5.54 Å². The highest BCUT2D eigenvalue weighted by Crippen LogP contribution is 2.37. The van der Waals surface area contributed by atoms with Crippen molar-refractivity contribution in [3.63, 3.8) is 0 Å². The van der Waals surface area contributed by atoms with Crippen molar-refractivity contribution >= 4 is 5.91 Å². The zero-order chi connectivity index (χ0) is 13.9. The van der Waals surface area contributed by atoms with Crippen LogP contribution in [0.4, 0.5) is 0 Å². The molecule has 0 aromatic heterocycles. The molecule has 3 atom stereocenters. The molecular weight excluding hydrogens is 238 g/mol. The normalized spacial score (nSPS) is 29.6. The summed E-state index contributed by atoms with van der Waals surface area (Å²) in [4.78, 5) is 14.2. The summed E-state index contributed by atoms with van der Waals surface area (Å²) in [7, 11) is 0. The number of rotatable bonds is 8. The monoisotopic (exact) mass is 267 g/mol. The van der Waals surface area contributed by atoms with E-state index in [1.807, 2.05) is 13.8 Å². The van der Waals surface area contributed by atoms with Crippen molar-refractivity contribution in [3.8, 4) is 0 Å². The molecule has 2 rings (SSSR count). The Hall–Kier alpha value is -0.610. The first-order chi connectivity index (χ1) is 9.05. The number of unbranched alkanes of at least 4 members (excludes halogenated alkanes) is 1. The first kappa shape index (κ1) is 14.8. The molecule has 0 radical (unpaired) electrons. The second kappa shape index (κ2) is 6.23. The number of carbonyl (C=O) groups excluding carboxylic acids is 1. The third-order valence-electron chi connectivity index (χ3n) is 5.01. The maximum atomic E-state index is 11.5. The van der Waals surface area contributed by atoms with Gasteiger partial charge in [0, 0.05) is 12.6 Å². The Morgan fingerprint density at radius 2 is 2.21 bits per heavy atom. The topological polar surface area (TPSA) is 58.4 Å². The summed E-state index contributed by atoms with van der Waals surface area (Å²) < 4.78 is 0. The molecule has 4 nitrogen and oxygen atoms in total. The Labute approximate surface area is 117 Å². The van der Waals surface area contributed by atoms with E-state index in [0.717, 1.165) is 31.3 Å². The summed E-state index contributed by atoms with van der Waals surface area (Å²) in [5, 5.41) is 3.23. The molecule has 2 aliphatic rings. The summed E-state index contributed by atoms with van der Waals surface area (Å²) in [6.07, 6.45) is 7.37. The maximum absolute atomic E-state index is 11.5. The number of likely N-dealkylation sites (tertiary alicyclic amines) is 1. The largest absolute Gasteiger partial charge is 0.368 e. The number of nitrogens with two attached hydrogens (primary N) is 1. The van der Waals surface area contributed by atoms with E-state index in [2.05, 4.69) is 10.2 Å². The van der Waals surface area contributed by atoms with Crippen molar-refractivity contribution in [2.75, 3.05) is 19.6 Å². The Morgan fingerprint density at radius 3 is 2.74 bits per heavy atom.